The highest BCUT2D eigenvalue weighted by Gasteiger charge is 2.62. The van der Waals surface area contributed by atoms with E-state index in [0.717, 1.165) is 0 Å². The number of piperidine rings is 1. The average Bonchev–Trinajstić information content (AvgIpc) is 2.83. The number of hydrogen-bond acceptors (Lipinski definition) is 7. The number of esters is 1. The molecule has 32 heavy (non-hydrogen) atoms. The molecule has 0 unspecified atom stereocenters. The van der Waals surface area contributed by atoms with E-state index in [4.69, 9.17) is 14.2 Å². The number of carbonyl (C=O) groups is 2. The summed E-state index contributed by atoms with van der Waals surface area (Å²) in [6.07, 6.45) is 0. The van der Waals surface area contributed by atoms with Gasteiger partial charge in [0.2, 0.25) is 5.91 Å². The molecule has 0 bridgehead atoms. The molecular weight excluding hydrogens is 410 g/mol. The van der Waals surface area contributed by atoms with Gasteiger partial charge in [-0.1, -0.05) is 24.3 Å². The van der Waals surface area contributed by atoms with Crippen LogP contribution in [0.2, 0.25) is 0 Å². The first-order valence-corrected chi connectivity index (χ1v) is 10.0. The Labute approximate surface area is 186 Å². The number of nitrogens with one attached hydrogen (secondary N) is 1. The first-order valence-electron chi connectivity index (χ1n) is 10.0. The smallest absolute Gasteiger partial charge is 0.329 e. The van der Waals surface area contributed by atoms with Crippen LogP contribution in [0.1, 0.15) is 30.0 Å². The predicted molar refractivity (Wildman–Crippen MR) is 113 cm³/mol. The number of methoxy groups -OCH3 is 2. The Morgan fingerprint density at radius 1 is 1.00 bits per heavy atom. The van der Waals surface area contributed by atoms with E-state index < -0.39 is 35.2 Å². The third-order valence-electron chi connectivity index (χ3n) is 5.71. The molecule has 4 atom stereocenters. The summed E-state index contributed by atoms with van der Waals surface area (Å²) in [6, 6.07) is 16.4. The van der Waals surface area contributed by atoms with Crippen molar-refractivity contribution < 1.29 is 23.8 Å². The topological polar surface area (TPSA) is 121 Å². The maximum absolute atomic E-state index is 13.4. The first-order chi connectivity index (χ1) is 15.5. The molecule has 1 aliphatic heterocycles. The van der Waals surface area contributed by atoms with Crippen LogP contribution in [0.25, 0.3) is 0 Å². The minimum atomic E-state index is -1.88. The van der Waals surface area contributed by atoms with Crippen molar-refractivity contribution in [1.82, 2.24) is 5.32 Å². The van der Waals surface area contributed by atoms with Gasteiger partial charge in [0, 0.05) is 5.92 Å². The Balaban J connectivity index is 2.26. The molecule has 8 nitrogen and oxygen atoms in total. The van der Waals surface area contributed by atoms with Crippen LogP contribution in [-0.4, -0.2) is 32.7 Å². The highest BCUT2D eigenvalue weighted by Crippen LogP contribution is 2.53. The molecule has 0 aromatic heterocycles. The Hall–Kier alpha value is -4.04. The van der Waals surface area contributed by atoms with Crippen molar-refractivity contribution in [3.63, 3.8) is 0 Å². The monoisotopic (exact) mass is 433 g/mol. The maximum Gasteiger partial charge on any atom is 0.329 e. The second-order valence-corrected chi connectivity index (χ2v) is 7.27. The van der Waals surface area contributed by atoms with Gasteiger partial charge in [-0.05, 0) is 42.3 Å². The van der Waals surface area contributed by atoms with E-state index in [-0.39, 0.29) is 6.61 Å². The van der Waals surface area contributed by atoms with Gasteiger partial charge in [-0.25, -0.2) is 0 Å². The fourth-order valence-electron chi connectivity index (χ4n) is 4.16. The summed E-state index contributed by atoms with van der Waals surface area (Å²) in [7, 11) is 3.03. The summed E-state index contributed by atoms with van der Waals surface area (Å²) >= 11 is 0. The molecule has 0 saturated carbocycles. The third kappa shape index (κ3) is 3.72. The number of nitrogens with zero attached hydrogens (tertiary/aromatic N) is 2. The van der Waals surface area contributed by atoms with Gasteiger partial charge >= 0.3 is 5.97 Å². The molecule has 1 saturated heterocycles. The number of hydrogen-bond donors (Lipinski definition) is 1. The fraction of sp³-hybridized carbons (Fsp3) is 0.333. The van der Waals surface area contributed by atoms with Crippen molar-refractivity contribution in [3.8, 4) is 23.6 Å². The molecule has 0 spiro atoms. The van der Waals surface area contributed by atoms with Crippen molar-refractivity contribution >= 4 is 11.9 Å². The minimum absolute atomic E-state index is 0.0398. The Morgan fingerprint density at radius 2 is 1.53 bits per heavy atom. The first kappa shape index (κ1) is 22.6. The van der Waals surface area contributed by atoms with E-state index in [1.165, 1.54) is 14.2 Å². The van der Waals surface area contributed by atoms with Gasteiger partial charge in [0.25, 0.3) is 0 Å². The number of nitriles is 2. The molecule has 1 amide bonds. The Bertz CT molecular complexity index is 1070. The quantitative estimate of drug-likeness (QED) is 0.695. The molecule has 1 heterocycles. The molecule has 164 valence electrons. The SMILES string of the molecule is CCOC(=O)[C@]1(C#N)[C@@H](c2ccc(OC)cc2)NC(=O)[C@H](C#N)[C@H]1c1ccc(OC)cc1. The molecule has 1 N–H and O–H groups in total. The van der Waals surface area contributed by atoms with Crippen LogP contribution in [0.4, 0.5) is 0 Å². The van der Waals surface area contributed by atoms with E-state index in [1.54, 1.807) is 55.5 Å². The van der Waals surface area contributed by atoms with Crippen LogP contribution in [0.15, 0.2) is 48.5 Å². The van der Waals surface area contributed by atoms with Gasteiger partial charge in [0.05, 0.1) is 39.0 Å². The molecule has 0 aliphatic carbocycles. The van der Waals surface area contributed by atoms with Gasteiger partial charge in [-0.2, -0.15) is 10.5 Å². The molecule has 1 fully saturated rings. The molecule has 3 rings (SSSR count). The lowest BCUT2D eigenvalue weighted by molar-refractivity contribution is -0.159. The third-order valence-corrected chi connectivity index (χ3v) is 5.71. The number of rotatable bonds is 6. The summed E-state index contributed by atoms with van der Waals surface area (Å²) in [6.45, 7) is 1.68. The van der Waals surface area contributed by atoms with Crippen molar-refractivity contribution in [1.29, 1.82) is 10.5 Å². The number of benzene rings is 2. The van der Waals surface area contributed by atoms with Crippen LogP contribution >= 0.6 is 0 Å². The van der Waals surface area contributed by atoms with Gasteiger partial charge < -0.3 is 19.5 Å². The van der Waals surface area contributed by atoms with Crippen molar-refractivity contribution in [2.45, 2.75) is 18.9 Å². The Morgan fingerprint density at radius 3 is 1.97 bits per heavy atom. The van der Waals surface area contributed by atoms with Crippen LogP contribution < -0.4 is 14.8 Å². The van der Waals surface area contributed by atoms with Crippen LogP contribution in [0.5, 0.6) is 11.5 Å². The predicted octanol–water partition coefficient (Wildman–Crippen LogP) is 2.87. The zero-order valence-corrected chi connectivity index (χ0v) is 18.0. The van der Waals surface area contributed by atoms with Crippen molar-refractivity contribution in [3.05, 3.63) is 59.7 Å². The number of carbonyl (C=O) groups excluding carboxylic acids is 2. The molecule has 2 aromatic carbocycles. The van der Waals surface area contributed by atoms with Gasteiger partial charge in [0.1, 0.15) is 17.4 Å². The number of amides is 1. The highest BCUT2D eigenvalue weighted by atomic mass is 16.5. The zero-order chi connectivity index (χ0) is 23.3. The van der Waals surface area contributed by atoms with Crippen LogP contribution in [0.3, 0.4) is 0 Å². The molecular formula is C24H23N3O5. The van der Waals surface area contributed by atoms with Crippen molar-refractivity contribution in [2.75, 3.05) is 20.8 Å². The second kappa shape index (κ2) is 9.40. The Kier molecular flexibility index (Phi) is 6.65. The summed E-state index contributed by atoms with van der Waals surface area (Å²) in [4.78, 5) is 26.4. The summed E-state index contributed by atoms with van der Waals surface area (Å²) in [5, 5.41) is 23.0. The van der Waals surface area contributed by atoms with E-state index in [2.05, 4.69) is 11.4 Å². The maximum atomic E-state index is 13.4. The lowest BCUT2D eigenvalue weighted by atomic mass is 9.59. The van der Waals surface area contributed by atoms with Crippen molar-refractivity contribution in [2.24, 2.45) is 11.3 Å². The van der Waals surface area contributed by atoms with E-state index in [9.17, 15) is 20.1 Å². The zero-order valence-electron chi connectivity index (χ0n) is 18.0. The summed E-state index contributed by atoms with van der Waals surface area (Å²) in [5.41, 5.74) is -0.878. The standard InChI is InChI=1S/C24H23N3O5/c1-4-32-23(29)24(14-26)20(15-5-9-17(30-2)10-6-15)19(13-25)22(28)27-21(24)16-7-11-18(31-3)12-8-16/h5-12,19-21H,4H2,1-3H3,(H,27,28)/t19-,20-,21-,24+/m1/s1. The lowest BCUT2D eigenvalue weighted by Crippen LogP contribution is -2.58. The normalized spacial score (nSPS) is 24.4. The largest absolute Gasteiger partial charge is 0.497 e. The summed E-state index contributed by atoms with van der Waals surface area (Å²) in [5.74, 6) is -2.57. The highest BCUT2D eigenvalue weighted by molar-refractivity contribution is 5.92. The average molecular weight is 433 g/mol. The minimum Gasteiger partial charge on any atom is -0.497 e. The van der Waals surface area contributed by atoms with Gasteiger partial charge in [0.15, 0.2) is 5.41 Å². The van der Waals surface area contributed by atoms with Gasteiger partial charge in [-0.15, -0.1) is 0 Å². The fourth-order valence-corrected chi connectivity index (χ4v) is 4.16. The number of ether oxygens (including phenoxy) is 3. The summed E-state index contributed by atoms with van der Waals surface area (Å²) < 4.78 is 15.7. The molecule has 1 aliphatic rings. The second-order valence-electron chi connectivity index (χ2n) is 7.27. The lowest BCUT2D eigenvalue weighted by Gasteiger charge is -2.45. The van der Waals surface area contributed by atoms with Crippen LogP contribution in [0, 0.1) is 34.0 Å². The van der Waals surface area contributed by atoms with E-state index >= 15 is 0 Å². The molecule has 0 radical (unpaired) electrons. The van der Waals surface area contributed by atoms with Gasteiger partial charge in [-0.3, -0.25) is 9.59 Å². The van der Waals surface area contributed by atoms with E-state index in [0.29, 0.717) is 22.6 Å². The van der Waals surface area contributed by atoms with Crippen LogP contribution in [-0.2, 0) is 14.3 Å². The van der Waals surface area contributed by atoms with E-state index in [1.807, 2.05) is 6.07 Å². The molecule has 2 aromatic rings. The molecule has 8 heteroatoms.